The number of fused-ring (bicyclic) bond motifs is 8. The van der Waals surface area contributed by atoms with Crippen LogP contribution in [-0.2, 0) is 35.5 Å². The van der Waals surface area contributed by atoms with Crippen molar-refractivity contribution < 1.29 is 39.3 Å². The van der Waals surface area contributed by atoms with E-state index in [2.05, 4.69) is 12.5 Å². The first kappa shape index (κ1) is 31.4. The van der Waals surface area contributed by atoms with Gasteiger partial charge in [0.15, 0.2) is 0 Å². The second-order valence-electron chi connectivity index (χ2n) is 10.5. The molecular weight excluding hydrogens is 594 g/mol. The van der Waals surface area contributed by atoms with Gasteiger partial charge < -0.3 is 20.2 Å². The van der Waals surface area contributed by atoms with E-state index < -0.39 is 11.9 Å². The van der Waals surface area contributed by atoms with Crippen molar-refractivity contribution in [1.82, 2.24) is 19.9 Å². The minimum Gasteiger partial charge on any atom is -0.657 e. The fourth-order valence-corrected chi connectivity index (χ4v) is 5.52. The molecule has 212 valence electrons. The number of terminal acetylenes is 1. The number of aryl methyl sites for hydroxylation is 3. The molecule has 8 nitrogen and oxygen atoms in total. The summed E-state index contributed by atoms with van der Waals surface area (Å²) in [6.45, 7) is 11.7. The van der Waals surface area contributed by atoms with Crippen molar-refractivity contribution in [2.24, 2.45) is 0 Å². The number of allylic oxidation sites excluding steroid dienone is 4. The minimum atomic E-state index is -0.908. The van der Waals surface area contributed by atoms with Crippen molar-refractivity contribution in [3.8, 4) is 12.3 Å². The van der Waals surface area contributed by atoms with Crippen LogP contribution in [0.2, 0.25) is 0 Å². The zero-order valence-electron chi connectivity index (χ0n) is 24.7. The first-order valence-corrected chi connectivity index (χ1v) is 13.6. The van der Waals surface area contributed by atoms with Gasteiger partial charge in [-0.05, 0) is 68.9 Å². The smallest absolute Gasteiger partial charge is 0.657 e. The van der Waals surface area contributed by atoms with E-state index in [0.29, 0.717) is 50.4 Å². The Hall–Kier alpha value is -4.54. The van der Waals surface area contributed by atoms with E-state index in [-0.39, 0.29) is 45.2 Å². The summed E-state index contributed by atoms with van der Waals surface area (Å²) in [5.74, 6) is 0.963. The molecule has 43 heavy (non-hydrogen) atoms. The average Bonchev–Trinajstić information content (AvgIpc) is 3.59. The van der Waals surface area contributed by atoms with Crippen LogP contribution in [-0.4, -0.2) is 32.1 Å². The van der Waals surface area contributed by atoms with Crippen LogP contribution in [0, 0.1) is 26.2 Å². The Labute approximate surface area is 262 Å². The summed E-state index contributed by atoms with van der Waals surface area (Å²) in [4.78, 5) is 42.6. The topological polar surface area (TPSA) is 129 Å². The molecular formula is C34H30N4O4Zn. The van der Waals surface area contributed by atoms with Crippen molar-refractivity contribution in [3.05, 3.63) is 75.9 Å². The molecule has 2 N–H and O–H groups in total. The third-order valence-electron chi connectivity index (χ3n) is 7.96. The number of aliphatic carboxylic acids is 2. The van der Waals surface area contributed by atoms with Gasteiger partial charge in [-0.3, -0.25) is 9.59 Å². The Morgan fingerprint density at radius 3 is 2.00 bits per heavy atom. The van der Waals surface area contributed by atoms with Crippen LogP contribution in [0.25, 0.3) is 50.4 Å². The van der Waals surface area contributed by atoms with Crippen LogP contribution in [0.4, 0.5) is 0 Å². The number of rotatable bonds is 7. The van der Waals surface area contributed by atoms with Crippen LogP contribution in [0.3, 0.4) is 0 Å². The Morgan fingerprint density at radius 2 is 1.35 bits per heavy atom. The Morgan fingerprint density at radius 1 is 0.814 bits per heavy atom. The molecule has 5 heterocycles. The fraction of sp³-hybridized carbons (Fsp3) is 0.235. The fourth-order valence-electron chi connectivity index (χ4n) is 5.52. The van der Waals surface area contributed by atoms with Gasteiger partial charge >= 0.3 is 31.4 Å². The summed E-state index contributed by atoms with van der Waals surface area (Å²) < 4.78 is 0. The van der Waals surface area contributed by atoms with Gasteiger partial charge in [0.2, 0.25) is 0 Å². The predicted molar refractivity (Wildman–Crippen MR) is 165 cm³/mol. The number of carboxylic acid groups (broad SMARTS) is 2. The molecule has 9 heteroatoms. The molecule has 0 spiro atoms. The number of carbonyl (C=O) groups is 2. The van der Waals surface area contributed by atoms with Gasteiger partial charge in [0.1, 0.15) is 0 Å². The van der Waals surface area contributed by atoms with E-state index in [1.54, 1.807) is 6.08 Å². The summed E-state index contributed by atoms with van der Waals surface area (Å²) in [7, 11) is 0. The molecule has 0 radical (unpaired) electrons. The van der Waals surface area contributed by atoms with Crippen molar-refractivity contribution in [2.45, 2.75) is 53.4 Å². The number of aromatic nitrogens is 4. The molecule has 0 saturated heterocycles. The van der Waals surface area contributed by atoms with E-state index in [0.717, 1.165) is 39.0 Å². The van der Waals surface area contributed by atoms with Crippen molar-refractivity contribution >= 4 is 62.4 Å². The number of hydrogen-bond donors (Lipinski definition) is 2. The molecule has 2 aliphatic heterocycles. The second-order valence-corrected chi connectivity index (χ2v) is 10.5. The third kappa shape index (κ3) is 5.89. The summed E-state index contributed by atoms with van der Waals surface area (Å²) in [5, 5.41) is 18.9. The van der Waals surface area contributed by atoms with E-state index in [1.165, 1.54) is 0 Å². The summed E-state index contributed by atoms with van der Waals surface area (Å²) >= 11 is 0. The SMILES string of the molecule is C#CC1=C(C)c2cc3[n-]c(cc4nc(cc5[n-]c(cc1n2)c(C)c5C=C)C(C)=C4CCC(=O)O)c(CCC(=O)O)c3C.[Zn+2]. The van der Waals surface area contributed by atoms with Crippen LogP contribution in [0.15, 0.2) is 30.8 Å². The van der Waals surface area contributed by atoms with Gasteiger partial charge in [0, 0.05) is 12.8 Å². The monoisotopic (exact) mass is 622 g/mol. The molecule has 0 saturated carbocycles. The molecule has 3 aromatic heterocycles. The van der Waals surface area contributed by atoms with Gasteiger partial charge in [-0.15, -0.1) is 28.5 Å². The summed E-state index contributed by atoms with van der Waals surface area (Å²) in [6.07, 6.45) is 8.12. The molecule has 2 aliphatic rings. The molecule has 0 unspecified atom stereocenters. The van der Waals surface area contributed by atoms with E-state index in [9.17, 15) is 19.8 Å². The van der Waals surface area contributed by atoms with Crippen molar-refractivity contribution in [1.29, 1.82) is 0 Å². The first-order chi connectivity index (χ1) is 20.0. The quantitative estimate of drug-likeness (QED) is 0.235. The molecule has 8 bridgehead atoms. The molecule has 0 aromatic carbocycles. The van der Waals surface area contributed by atoms with Gasteiger partial charge in [-0.1, -0.05) is 53.5 Å². The average molecular weight is 624 g/mol. The van der Waals surface area contributed by atoms with Crippen LogP contribution >= 0.6 is 0 Å². The molecule has 0 fully saturated rings. The zero-order valence-corrected chi connectivity index (χ0v) is 27.7. The van der Waals surface area contributed by atoms with Gasteiger partial charge in [-0.25, -0.2) is 9.97 Å². The van der Waals surface area contributed by atoms with Crippen molar-refractivity contribution in [2.75, 3.05) is 0 Å². The van der Waals surface area contributed by atoms with Crippen LogP contribution in [0.1, 0.15) is 78.1 Å². The second kappa shape index (κ2) is 12.4. The number of nitrogens with zero attached hydrogens (tertiary/aromatic N) is 4. The largest absolute Gasteiger partial charge is 2.00 e. The minimum absolute atomic E-state index is 0. The maximum atomic E-state index is 11.5. The standard InChI is InChI=1S/C34H32N4O4.Zn/c1-7-21-17(3)25-13-26-19(5)23(9-11-33(39)40)31(37-26)16-32-24(10-12-34(41)42)20(6)28(38-32)15-30-22(8-2)18(4)27(36-30)14-29(21)35-25;/h1,8,13-16H,2,9-12H2,3-6H3,(H4,35,36,37,38,39,40,41,42);/q;+2/p-2. The number of carboxylic acids is 2. The molecule has 0 atom stereocenters. The molecule has 3 aromatic rings. The maximum absolute atomic E-state index is 11.5. The van der Waals surface area contributed by atoms with E-state index in [4.69, 9.17) is 26.4 Å². The van der Waals surface area contributed by atoms with E-state index in [1.807, 2.05) is 52.0 Å². The number of hydrogen-bond acceptors (Lipinski definition) is 4. The Kier molecular flexibility index (Phi) is 9.03. The normalized spacial score (nSPS) is 12.6. The van der Waals surface area contributed by atoms with Gasteiger partial charge in [0.05, 0.1) is 28.3 Å². The molecule has 0 amide bonds. The Bertz CT molecular complexity index is 1970. The predicted octanol–water partition coefficient (Wildman–Crippen LogP) is 6.21. The van der Waals surface area contributed by atoms with E-state index >= 15 is 0 Å². The maximum Gasteiger partial charge on any atom is 2.00 e. The van der Waals surface area contributed by atoms with Gasteiger partial charge in [0.25, 0.3) is 0 Å². The third-order valence-corrected chi connectivity index (χ3v) is 7.96. The zero-order chi connectivity index (χ0) is 30.3. The molecule has 0 aliphatic carbocycles. The Balaban J connectivity index is 0.00000423. The summed E-state index contributed by atoms with van der Waals surface area (Å²) in [6, 6.07) is 7.46. The molecule has 5 rings (SSSR count). The van der Waals surface area contributed by atoms with Crippen LogP contribution < -0.4 is 9.97 Å². The van der Waals surface area contributed by atoms with Crippen molar-refractivity contribution in [3.63, 3.8) is 0 Å². The van der Waals surface area contributed by atoms with Gasteiger partial charge in [-0.2, -0.15) is 0 Å². The van der Waals surface area contributed by atoms with Crippen LogP contribution in [0.5, 0.6) is 0 Å². The first-order valence-electron chi connectivity index (χ1n) is 13.6. The summed E-state index contributed by atoms with van der Waals surface area (Å²) in [5.41, 5.74) is 11.8.